The number of anilines is 1. The molecule has 1 saturated heterocycles. The zero-order valence-electron chi connectivity index (χ0n) is 11.2. The first-order valence-corrected chi connectivity index (χ1v) is 9.77. The van der Waals surface area contributed by atoms with Gasteiger partial charge >= 0.3 is 0 Å². The Labute approximate surface area is 137 Å². The molecule has 0 saturated carbocycles. The monoisotopic (exact) mass is 386 g/mol. The average molecular weight is 387 g/mol. The van der Waals surface area contributed by atoms with Crippen molar-refractivity contribution in [3.63, 3.8) is 0 Å². The molecule has 0 atom stereocenters. The van der Waals surface area contributed by atoms with E-state index in [2.05, 4.69) is 21.2 Å². The van der Waals surface area contributed by atoms with E-state index in [-0.39, 0.29) is 11.9 Å². The van der Waals surface area contributed by atoms with E-state index in [4.69, 9.17) is 5.73 Å². The second-order valence-electron chi connectivity index (χ2n) is 5.08. The largest absolute Gasteiger partial charge is 0.397 e. The first-order chi connectivity index (χ1) is 10.0. The molecule has 2 heterocycles. The third kappa shape index (κ3) is 3.14. The topological polar surface area (TPSA) is 72.2 Å². The predicted octanol–water partition coefficient (Wildman–Crippen LogP) is 2.89. The van der Waals surface area contributed by atoms with Crippen LogP contribution < -0.4 is 11.1 Å². The van der Waals surface area contributed by atoms with Crippen LogP contribution in [-0.4, -0.2) is 27.7 Å². The van der Waals surface area contributed by atoms with Crippen LogP contribution >= 0.6 is 27.3 Å². The molecule has 3 rings (SSSR count). The number of nitrogen functional groups attached to an aromatic ring is 1. The van der Waals surface area contributed by atoms with Crippen molar-refractivity contribution in [2.45, 2.75) is 18.9 Å². The summed E-state index contributed by atoms with van der Waals surface area (Å²) in [7, 11) is -0.718. The number of nitrogens with two attached hydrogens (primary N) is 1. The zero-order chi connectivity index (χ0) is 15.0. The fourth-order valence-corrected chi connectivity index (χ4v) is 5.11. The summed E-state index contributed by atoms with van der Waals surface area (Å²) in [6.45, 7) is 0. The minimum atomic E-state index is -0.718. The van der Waals surface area contributed by atoms with Gasteiger partial charge in [-0.15, -0.1) is 11.3 Å². The van der Waals surface area contributed by atoms with Gasteiger partial charge in [-0.2, -0.15) is 0 Å². The molecule has 2 aromatic rings. The Bertz CT molecular complexity index is 719. The molecule has 0 bridgehead atoms. The first-order valence-electron chi connectivity index (χ1n) is 6.68. The minimum absolute atomic E-state index is 0.103. The number of amides is 1. The second-order valence-corrected chi connectivity index (χ2v) is 8.75. The normalized spacial score (nSPS) is 22.3. The first kappa shape index (κ1) is 15.0. The number of carbonyl (C=O) groups excluding carboxylic acids is 1. The third-order valence-corrected chi connectivity index (χ3v) is 6.68. The summed E-state index contributed by atoms with van der Waals surface area (Å²) in [6.07, 6.45) is 1.55. The molecule has 1 fully saturated rings. The molecule has 0 radical (unpaired) electrons. The molecule has 0 unspecified atom stereocenters. The Morgan fingerprint density at radius 3 is 2.81 bits per heavy atom. The van der Waals surface area contributed by atoms with Crippen molar-refractivity contribution >= 4 is 59.7 Å². The van der Waals surface area contributed by atoms with Crippen LogP contribution in [0.4, 0.5) is 5.69 Å². The SMILES string of the molecule is Nc1c(C(=O)NC2CCS(=O)CC2)sc2ccc(Br)cc12. The van der Waals surface area contributed by atoms with Crippen molar-refractivity contribution < 1.29 is 9.00 Å². The van der Waals surface area contributed by atoms with Crippen molar-refractivity contribution in [3.8, 4) is 0 Å². The summed E-state index contributed by atoms with van der Waals surface area (Å²) in [5.41, 5.74) is 6.65. The maximum atomic E-state index is 12.4. The lowest BCUT2D eigenvalue weighted by molar-refractivity contribution is 0.0939. The maximum Gasteiger partial charge on any atom is 0.263 e. The van der Waals surface area contributed by atoms with Crippen LogP contribution in [0.15, 0.2) is 22.7 Å². The number of nitrogens with one attached hydrogen (secondary N) is 1. The van der Waals surface area contributed by atoms with E-state index in [9.17, 15) is 9.00 Å². The van der Waals surface area contributed by atoms with E-state index >= 15 is 0 Å². The van der Waals surface area contributed by atoms with Gasteiger partial charge in [0, 0.05) is 42.9 Å². The summed E-state index contributed by atoms with van der Waals surface area (Å²) in [4.78, 5) is 13.0. The van der Waals surface area contributed by atoms with Gasteiger partial charge in [-0.25, -0.2) is 0 Å². The van der Waals surface area contributed by atoms with Crippen molar-refractivity contribution in [3.05, 3.63) is 27.5 Å². The van der Waals surface area contributed by atoms with Gasteiger partial charge in [-0.1, -0.05) is 15.9 Å². The van der Waals surface area contributed by atoms with E-state index in [0.29, 0.717) is 22.1 Å². The quantitative estimate of drug-likeness (QED) is 0.833. The molecule has 0 spiro atoms. The summed E-state index contributed by atoms with van der Waals surface area (Å²) >= 11 is 4.83. The van der Waals surface area contributed by atoms with Crippen molar-refractivity contribution in [2.24, 2.45) is 0 Å². The lowest BCUT2D eigenvalue weighted by Crippen LogP contribution is -2.39. The molecule has 4 nitrogen and oxygen atoms in total. The van der Waals surface area contributed by atoms with Gasteiger partial charge in [0.1, 0.15) is 4.88 Å². The number of fused-ring (bicyclic) bond motifs is 1. The molecule has 3 N–H and O–H groups in total. The third-order valence-electron chi connectivity index (χ3n) is 3.62. The lowest BCUT2D eigenvalue weighted by Gasteiger charge is -2.22. The molecule has 1 aromatic heterocycles. The van der Waals surface area contributed by atoms with Gasteiger partial charge in [-0.3, -0.25) is 9.00 Å². The zero-order valence-corrected chi connectivity index (χ0v) is 14.4. The van der Waals surface area contributed by atoms with Crippen LogP contribution in [-0.2, 0) is 10.8 Å². The van der Waals surface area contributed by atoms with E-state index in [1.807, 2.05) is 18.2 Å². The number of thiophene rings is 1. The van der Waals surface area contributed by atoms with Crippen LogP contribution in [0.1, 0.15) is 22.5 Å². The summed E-state index contributed by atoms with van der Waals surface area (Å²) < 4.78 is 13.3. The number of hydrogen-bond acceptors (Lipinski definition) is 4. The van der Waals surface area contributed by atoms with Crippen LogP contribution in [0, 0.1) is 0 Å². The lowest BCUT2D eigenvalue weighted by atomic mass is 10.1. The van der Waals surface area contributed by atoms with E-state index in [1.54, 1.807) is 0 Å². The van der Waals surface area contributed by atoms with Gasteiger partial charge < -0.3 is 11.1 Å². The van der Waals surface area contributed by atoms with Crippen molar-refractivity contribution in [1.82, 2.24) is 5.32 Å². The molecule has 0 aliphatic carbocycles. The number of halogens is 1. The predicted molar refractivity (Wildman–Crippen MR) is 92.3 cm³/mol. The van der Waals surface area contributed by atoms with Crippen molar-refractivity contribution in [1.29, 1.82) is 0 Å². The molecule has 21 heavy (non-hydrogen) atoms. The van der Waals surface area contributed by atoms with E-state index in [0.717, 1.165) is 27.4 Å². The number of benzene rings is 1. The summed E-state index contributed by atoms with van der Waals surface area (Å²) in [6, 6.07) is 5.94. The van der Waals surface area contributed by atoms with Gasteiger partial charge in [0.15, 0.2) is 0 Å². The summed E-state index contributed by atoms with van der Waals surface area (Å²) in [5, 5.41) is 3.92. The Kier molecular flexibility index (Phi) is 4.33. The maximum absolute atomic E-state index is 12.4. The fourth-order valence-electron chi connectivity index (χ4n) is 2.45. The fraction of sp³-hybridized carbons (Fsp3) is 0.357. The number of hydrogen-bond donors (Lipinski definition) is 2. The van der Waals surface area contributed by atoms with Gasteiger partial charge in [0.25, 0.3) is 5.91 Å². The smallest absolute Gasteiger partial charge is 0.263 e. The highest BCUT2D eigenvalue weighted by atomic mass is 79.9. The van der Waals surface area contributed by atoms with Gasteiger partial charge in [0.2, 0.25) is 0 Å². The standard InChI is InChI=1S/C14H15BrN2O2S2/c15-8-1-2-11-10(7-8)12(16)13(20-11)14(18)17-9-3-5-21(19)6-4-9/h1-2,7,9H,3-6,16H2,(H,17,18). The van der Waals surface area contributed by atoms with Crippen LogP contribution in [0.25, 0.3) is 10.1 Å². The highest BCUT2D eigenvalue weighted by molar-refractivity contribution is 9.10. The molecule has 1 amide bonds. The van der Waals surface area contributed by atoms with Crippen LogP contribution in [0.3, 0.4) is 0 Å². The minimum Gasteiger partial charge on any atom is -0.397 e. The van der Waals surface area contributed by atoms with E-state index < -0.39 is 10.8 Å². The molecular weight excluding hydrogens is 372 g/mol. The highest BCUT2D eigenvalue weighted by Gasteiger charge is 2.23. The molecule has 112 valence electrons. The second kappa shape index (κ2) is 6.06. The molecule has 1 aliphatic heterocycles. The van der Waals surface area contributed by atoms with Gasteiger partial charge in [-0.05, 0) is 31.0 Å². The molecule has 7 heteroatoms. The Morgan fingerprint density at radius 2 is 2.10 bits per heavy atom. The van der Waals surface area contributed by atoms with Crippen LogP contribution in [0.5, 0.6) is 0 Å². The molecule has 1 aliphatic rings. The van der Waals surface area contributed by atoms with E-state index in [1.165, 1.54) is 11.3 Å². The Hall–Kier alpha value is -0.920. The average Bonchev–Trinajstić information content (AvgIpc) is 2.79. The highest BCUT2D eigenvalue weighted by Crippen LogP contribution is 2.35. The summed E-state index contributed by atoms with van der Waals surface area (Å²) in [5.74, 6) is 1.21. The van der Waals surface area contributed by atoms with Crippen LogP contribution in [0.2, 0.25) is 0 Å². The molecular formula is C14H15BrN2O2S2. The Morgan fingerprint density at radius 1 is 1.38 bits per heavy atom. The van der Waals surface area contributed by atoms with Gasteiger partial charge in [0.05, 0.1) is 5.69 Å². The number of rotatable bonds is 2. The van der Waals surface area contributed by atoms with Crippen molar-refractivity contribution in [2.75, 3.05) is 17.2 Å². The number of carbonyl (C=O) groups is 1. The molecule has 1 aromatic carbocycles. The Balaban J connectivity index is 1.81.